The summed E-state index contributed by atoms with van der Waals surface area (Å²) in [5, 5.41) is 54.7. The Balaban J connectivity index is 2.13. The molecule has 478 valence electrons. The molecule has 0 saturated carbocycles. The van der Waals surface area contributed by atoms with Crippen molar-refractivity contribution in [3.63, 3.8) is 0 Å². The monoisotopic (exact) mass is 1150 g/mol. The molecule has 0 aliphatic carbocycles. The van der Waals surface area contributed by atoms with Crippen LogP contribution in [0.2, 0.25) is 0 Å². The Kier molecular flexibility index (Phi) is 58.4. The summed E-state index contributed by atoms with van der Waals surface area (Å²) in [5.41, 5.74) is 0. The molecule has 1 fully saturated rings. The maximum atomic E-state index is 13.1. The minimum atomic E-state index is -1.57. The number of hydrogen-bond donors (Lipinski definition) is 6. The molecule has 1 aliphatic rings. The molecule has 9 nitrogen and oxygen atoms in total. The Morgan fingerprint density at radius 2 is 0.768 bits per heavy atom. The van der Waals surface area contributed by atoms with E-state index in [9.17, 15) is 30.3 Å². The summed E-state index contributed by atoms with van der Waals surface area (Å²) < 4.78 is 11.3. The van der Waals surface area contributed by atoms with Crippen molar-refractivity contribution in [2.75, 3.05) is 13.2 Å². The highest BCUT2D eigenvalue weighted by molar-refractivity contribution is 5.76. The molecule has 1 saturated heterocycles. The van der Waals surface area contributed by atoms with Crippen LogP contribution in [0.1, 0.15) is 328 Å². The van der Waals surface area contributed by atoms with Crippen LogP contribution in [0.3, 0.4) is 0 Å². The van der Waals surface area contributed by atoms with E-state index in [0.29, 0.717) is 6.42 Å². The zero-order valence-corrected chi connectivity index (χ0v) is 53.5. The lowest BCUT2D eigenvalue weighted by molar-refractivity contribution is -0.302. The number of carbonyl (C=O) groups excluding carboxylic acids is 1. The van der Waals surface area contributed by atoms with Gasteiger partial charge in [0.2, 0.25) is 5.91 Å². The number of amides is 1. The van der Waals surface area contributed by atoms with Gasteiger partial charge in [-0.15, -0.1) is 0 Å². The quantitative estimate of drug-likeness (QED) is 0.0261. The first kappa shape index (κ1) is 77.6. The Morgan fingerprint density at radius 1 is 0.427 bits per heavy atom. The van der Waals surface area contributed by atoms with Gasteiger partial charge in [-0.1, -0.05) is 324 Å². The zero-order chi connectivity index (χ0) is 59.3. The van der Waals surface area contributed by atoms with Crippen molar-refractivity contribution in [2.24, 2.45) is 0 Å². The fourth-order valence-corrected chi connectivity index (χ4v) is 11.1. The molecule has 1 aliphatic heterocycles. The van der Waals surface area contributed by atoms with E-state index < -0.39 is 49.5 Å². The number of hydrogen-bond acceptors (Lipinski definition) is 8. The SMILES string of the molecule is CC/C=C\C/C=C\C/C=C\C/C=C\CCCCCCCCCCCCCCCCCCCCCCC(=O)NC(COC1OC(CO)C(O)C(O)C1O)C(O)/C=C/CC/C=C/CCCCCCCCCCCCCCCCCCCCCC. The molecule has 0 aromatic heterocycles. The number of nitrogens with one attached hydrogen (secondary N) is 1. The third-order valence-corrected chi connectivity index (χ3v) is 16.5. The number of aliphatic hydroxyl groups is 5. The average molecular weight is 1150 g/mol. The summed E-state index contributed by atoms with van der Waals surface area (Å²) >= 11 is 0. The third-order valence-electron chi connectivity index (χ3n) is 16.5. The average Bonchev–Trinajstić information content (AvgIpc) is 3.57. The van der Waals surface area contributed by atoms with Crippen LogP contribution in [0.4, 0.5) is 0 Å². The van der Waals surface area contributed by atoms with Gasteiger partial charge in [0.1, 0.15) is 24.4 Å². The highest BCUT2D eigenvalue weighted by Gasteiger charge is 2.44. The Hall–Kier alpha value is -2.37. The smallest absolute Gasteiger partial charge is 0.220 e. The molecule has 6 N–H and O–H groups in total. The van der Waals surface area contributed by atoms with Crippen molar-refractivity contribution < 1.29 is 39.8 Å². The van der Waals surface area contributed by atoms with Gasteiger partial charge in [0, 0.05) is 6.42 Å². The molecule has 0 aromatic carbocycles. The van der Waals surface area contributed by atoms with Gasteiger partial charge in [0.15, 0.2) is 6.29 Å². The van der Waals surface area contributed by atoms with E-state index >= 15 is 0 Å². The molecule has 0 spiro atoms. The van der Waals surface area contributed by atoms with Gasteiger partial charge in [-0.05, 0) is 70.6 Å². The zero-order valence-electron chi connectivity index (χ0n) is 53.5. The number of rotatable bonds is 61. The first-order valence-corrected chi connectivity index (χ1v) is 35.2. The second-order valence-electron chi connectivity index (χ2n) is 24.3. The molecule has 1 rings (SSSR count). The second-order valence-corrected chi connectivity index (χ2v) is 24.3. The van der Waals surface area contributed by atoms with Crippen molar-refractivity contribution in [1.82, 2.24) is 5.32 Å². The molecule has 7 unspecified atom stereocenters. The molecular formula is C73H133NO8. The molecular weight excluding hydrogens is 1020 g/mol. The summed E-state index contributed by atoms with van der Waals surface area (Å²) in [6, 6.07) is -0.825. The molecule has 82 heavy (non-hydrogen) atoms. The number of ether oxygens (including phenoxy) is 2. The first-order valence-electron chi connectivity index (χ1n) is 35.2. The number of unbranched alkanes of at least 4 members (excludes halogenated alkanes) is 41. The Labute approximate surface area is 506 Å². The van der Waals surface area contributed by atoms with Crippen LogP contribution in [-0.4, -0.2) is 87.5 Å². The van der Waals surface area contributed by atoms with Crippen molar-refractivity contribution in [3.05, 3.63) is 72.9 Å². The van der Waals surface area contributed by atoms with E-state index in [-0.39, 0.29) is 12.5 Å². The molecule has 0 aromatic rings. The van der Waals surface area contributed by atoms with Gasteiger partial charge < -0.3 is 40.3 Å². The summed E-state index contributed by atoms with van der Waals surface area (Å²) in [7, 11) is 0. The maximum absolute atomic E-state index is 13.1. The van der Waals surface area contributed by atoms with Crippen LogP contribution in [0.15, 0.2) is 72.9 Å². The fraction of sp³-hybridized carbons (Fsp3) is 0.822. The van der Waals surface area contributed by atoms with Crippen LogP contribution in [-0.2, 0) is 14.3 Å². The maximum Gasteiger partial charge on any atom is 0.220 e. The van der Waals surface area contributed by atoms with Crippen LogP contribution in [0, 0.1) is 0 Å². The Bertz CT molecular complexity index is 1520. The Morgan fingerprint density at radius 3 is 1.17 bits per heavy atom. The van der Waals surface area contributed by atoms with Crippen molar-refractivity contribution >= 4 is 5.91 Å². The molecule has 0 bridgehead atoms. The summed E-state index contributed by atoms with van der Waals surface area (Å²) in [6.45, 7) is 3.69. The van der Waals surface area contributed by atoms with Crippen LogP contribution < -0.4 is 5.32 Å². The predicted octanol–water partition coefficient (Wildman–Crippen LogP) is 19.1. The van der Waals surface area contributed by atoms with Gasteiger partial charge in [-0.25, -0.2) is 0 Å². The summed E-state index contributed by atoms with van der Waals surface area (Å²) in [4.78, 5) is 13.1. The predicted molar refractivity (Wildman–Crippen MR) is 350 cm³/mol. The van der Waals surface area contributed by atoms with Gasteiger partial charge in [0.25, 0.3) is 0 Å². The van der Waals surface area contributed by atoms with Crippen LogP contribution >= 0.6 is 0 Å². The summed E-state index contributed by atoms with van der Waals surface area (Å²) in [5.74, 6) is -0.182. The van der Waals surface area contributed by atoms with E-state index in [0.717, 1.165) is 64.2 Å². The molecule has 1 heterocycles. The summed E-state index contributed by atoms with van der Waals surface area (Å²) in [6.07, 6.45) is 80.1. The van der Waals surface area contributed by atoms with Crippen molar-refractivity contribution in [1.29, 1.82) is 0 Å². The molecule has 9 heteroatoms. The van der Waals surface area contributed by atoms with E-state index in [1.165, 1.54) is 244 Å². The number of carbonyl (C=O) groups is 1. The number of aliphatic hydroxyl groups excluding tert-OH is 5. The van der Waals surface area contributed by atoms with Gasteiger partial charge in [0.05, 0.1) is 25.4 Å². The second kappa shape index (κ2) is 61.7. The van der Waals surface area contributed by atoms with Crippen molar-refractivity contribution in [2.45, 2.75) is 371 Å². The normalized spacial score (nSPS) is 18.7. The van der Waals surface area contributed by atoms with Gasteiger partial charge in [-0.3, -0.25) is 4.79 Å². The van der Waals surface area contributed by atoms with Crippen molar-refractivity contribution in [3.8, 4) is 0 Å². The van der Waals surface area contributed by atoms with Crippen LogP contribution in [0.5, 0.6) is 0 Å². The molecule has 7 atom stereocenters. The molecule has 0 radical (unpaired) electrons. The van der Waals surface area contributed by atoms with E-state index in [4.69, 9.17) is 9.47 Å². The van der Waals surface area contributed by atoms with E-state index in [1.807, 2.05) is 6.08 Å². The lowest BCUT2D eigenvalue weighted by atomic mass is 9.99. The lowest BCUT2D eigenvalue weighted by Crippen LogP contribution is -2.60. The van der Waals surface area contributed by atoms with Crippen LogP contribution in [0.25, 0.3) is 0 Å². The molecule has 1 amide bonds. The van der Waals surface area contributed by atoms with Gasteiger partial charge >= 0.3 is 0 Å². The first-order chi connectivity index (χ1) is 40.3. The largest absolute Gasteiger partial charge is 0.394 e. The van der Waals surface area contributed by atoms with Gasteiger partial charge in [-0.2, -0.15) is 0 Å². The number of allylic oxidation sites excluding steroid dienone is 11. The standard InChI is InChI=1S/C73H133NO8/c1-3-5-7-9-11-13-15-17-19-21-23-25-27-29-31-32-33-34-35-36-37-39-41-43-45-47-49-51-53-55-57-59-61-63-69(77)74-66(65-81-73-72(80)71(79)70(78)68(64-75)82-73)67(76)62-60-58-56-54-52-50-48-46-44-42-40-38-30-28-26-24-22-20-18-16-14-12-10-8-6-4-2/h5,7,11,13,17,19,23,25,52,54,60,62,66-68,70-73,75-76,78-80H,3-4,6,8-10,12,14-16,18,20-22,24,26-51,53,55-59,61,63-65H2,1-2H3,(H,74,77)/b7-5-,13-11-,19-17-,25-23-,54-52+,62-60+. The minimum absolute atomic E-state index is 0.182. The third kappa shape index (κ3) is 49.8. The highest BCUT2D eigenvalue weighted by atomic mass is 16.7. The van der Waals surface area contributed by atoms with E-state index in [1.54, 1.807) is 6.08 Å². The fourth-order valence-electron chi connectivity index (χ4n) is 11.1. The minimum Gasteiger partial charge on any atom is -0.394 e. The lowest BCUT2D eigenvalue weighted by Gasteiger charge is -2.40. The highest BCUT2D eigenvalue weighted by Crippen LogP contribution is 2.23. The topological polar surface area (TPSA) is 149 Å². The van der Waals surface area contributed by atoms with E-state index in [2.05, 4.69) is 79.9 Å².